The normalized spacial score (nSPS) is 11.9. The minimum atomic E-state index is -0.00939. The maximum Gasteiger partial charge on any atom is 0.230 e. The van der Waals surface area contributed by atoms with Gasteiger partial charge in [-0.3, -0.25) is 9.36 Å². The van der Waals surface area contributed by atoms with E-state index in [1.54, 1.807) is 7.11 Å². The molecule has 0 aliphatic carbocycles. The van der Waals surface area contributed by atoms with Crippen LogP contribution in [0.5, 0.6) is 0 Å². The summed E-state index contributed by atoms with van der Waals surface area (Å²) in [5.74, 6) is 1.06. The Kier molecular flexibility index (Phi) is 8.47. The van der Waals surface area contributed by atoms with Crippen molar-refractivity contribution in [3.63, 3.8) is 0 Å². The van der Waals surface area contributed by atoms with Crippen molar-refractivity contribution in [1.29, 1.82) is 0 Å². The van der Waals surface area contributed by atoms with E-state index in [0.717, 1.165) is 29.8 Å². The Morgan fingerprint density at radius 2 is 1.80 bits per heavy atom. The fourth-order valence-corrected chi connectivity index (χ4v) is 4.02. The SMILES string of the molecule is CCCC(NC(=O)CSc1nnc(-c2ccccc2)n1CCOC)c1ccccc1. The summed E-state index contributed by atoms with van der Waals surface area (Å²) in [6.45, 7) is 3.30. The highest BCUT2D eigenvalue weighted by Gasteiger charge is 2.17. The third-order valence-electron chi connectivity index (χ3n) is 4.71. The minimum absolute atomic E-state index is 0.00939. The van der Waals surface area contributed by atoms with Gasteiger partial charge in [0.1, 0.15) is 0 Å². The average Bonchev–Trinajstić information content (AvgIpc) is 3.20. The van der Waals surface area contributed by atoms with Crippen LogP contribution >= 0.6 is 11.8 Å². The van der Waals surface area contributed by atoms with Crippen molar-refractivity contribution >= 4 is 17.7 Å². The number of carbonyl (C=O) groups is 1. The van der Waals surface area contributed by atoms with Gasteiger partial charge in [-0.25, -0.2) is 0 Å². The molecule has 0 aliphatic rings. The highest BCUT2D eigenvalue weighted by molar-refractivity contribution is 7.99. The van der Waals surface area contributed by atoms with Gasteiger partial charge in [-0.15, -0.1) is 10.2 Å². The highest BCUT2D eigenvalue weighted by Crippen LogP contribution is 2.24. The van der Waals surface area contributed by atoms with Crippen LogP contribution in [0.1, 0.15) is 31.4 Å². The minimum Gasteiger partial charge on any atom is -0.383 e. The Morgan fingerprint density at radius 1 is 1.10 bits per heavy atom. The number of carbonyl (C=O) groups excluding carboxylic acids is 1. The summed E-state index contributed by atoms with van der Waals surface area (Å²) >= 11 is 1.40. The Balaban J connectivity index is 1.68. The van der Waals surface area contributed by atoms with Crippen molar-refractivity contribution in [2.24, 2.45) is 0 Å². The largest absolute Gasteiger partial charge is 0.383 e. The first kappa shape index (κ1) is 22.1. The van der Waals surface area contributed by atoms with Crippen LogP contribution in [0.2, 0.25) is 0 Å². The van der Waals surface area contributed by atoms with E-state index in [-0.39, 0.29) is 17.7 Å². The lowest BCUT2D eigenvalue weighted by molar-refractivity contribution is -0.119. The van der Waals surface area contributed by atoms with Gasteiger partial charge >= 0.3 is 0 Å². The number of nitrogens with one attached hydrogen (secondary N) is 1. The standard InChI is InChI=1S/C23H28N4O2S/c1-3-10-20(18-11-6-4-7-12-18)24-21(28)17-30-23-26-25-22(27(23)15-16-29-2)19-13-8-5-9-14-19/h4-9,11-14,20H,3,10,15-17H2,1-2H3,(H,24,28). The van der Waals surface area contributed by atoms with Gasteiger partial charge in [-0.05, 0) is 12.0 Å². The van der Waals surface area contributed by atoms with Gasteiger partial charge in [0.2, 0.25) is 5.91 Å². The Labute approximate surface area is 182 Å². The fourth-order valence-electron chi connectivity index (χ4n) is 3.24. The van der Waals surface area contributed by atoms with Crippen LogP contribution in [-0.2, 0) is 16.1 Å². The van der Waals surface area contributed by atoms with Crippen LogP contribution in [0, 0.1) is 0 Å². The van der Waals surface area contributed by atoms with E-state index in [1.807, 2.05) is 53.1 Å². The van der Waals surface area contributed by atoms with Crippen molar-refractivity contribution in [2.75, 3.05) is 19.5 Å². The third kappa shape index (κ3) is 5.93. The predicted octanol–water partition coefficient (Wildman–Crippen LogP) is 4.34. The fraction of sp³-hybridized carbons (Fsp3) is 0.348. The van der Waals surface area contributed by atoms with Crippen LogP contribution in [0.15, 0.2) is 65.8 Å². The summed E-state index contributed by atoms with van der Waals surface area (Å²) in [6.07, 6.45) is 1.90. The summed E-state index contributed by atoms with van der Waals surface area (Å²) in [4.78, 5) is 12.7. The van der Waals surface area contributed by atoms with Crippen molar-refractivity contribution in [2.45, 2.75) is 37.5 Å². The van der Waals surface area contributed by atoms with Crippen molar-refractivity contribution in [3.8, 4) is 11.4 Å². The molecule has 1 N–H and O–H groups in total. The molecular weight excluding hydrogens is 396 g/mol. The van der Waals surface area contributed by atoms with Crippen molar-refractivity contribution in [3.05, 3.63) is 66.2 Å². The molecule has 30 heavy (non-hydrogen) atoms. The molecule has 0 saturated heterocycles. The monoisotopic (exact) mass is 424 g/mol. The molecule has 158 valence electrons. The first-order chi connectivity index (χ1) is 14.7. The number of rotatable bonds is 11. The summed E-state index contributed by atoms with van der Waals surface area (Å²) in [5, 5.41) is 12.6. The number of thioether (sulfide) groups is 1. The van der Waals surface area contributed by atoms with E-state index in [1.165, 1.54) is 11.8 Å². The molecule has 1 aromatic heterocycles. The lowest BCUT2D eigenvalue weighted by Gasteiger charge is -2.18. The lowest BCUT2D eigenvalue weighted by atomic mass is 10.0. The summed E-state index contributed by atoms with van der Waals surface area (Å²) in [6, 6.07) is 20.1. The van der Waals surface area contributed by atoms with Crippen LogP contribution in [0.25, 0.3) is 11.4 Å². The second kappa shape index (κ2) is 11.5. The van der Waals surface area contributed by atoms with Crippen LogP contribution in [0.3, 0.4) is 0 Å². The number of hydrogen-bond donors (Lipinski definition) is 1. The Hall–Kier alpha value is -2.64. The first-order valence-corrected chi connectivity index (χ1v) is 11.2. The summed E-state index contributed by atoms with van der Waals surface area (Å²) in [7, 11) is 1.67. The quantitative estimate of drug-likeness (QED) is 0.464. The summed E-state index contributed by atoms with van der Waals surface area (Å²) < 4.78 is 7.26. The first-order valence-electron chi connectivity index (χ1n) is 10.2. The number of benzene rings is 2. The van der Waals surface area contributed by atoms with E-state index in [4.69, 9.17) is 4.74 Å². The van der Waals surface area contributed by atoms with Gasteiger partial charge < -0.3 is 10.1 Å². The van der Waals surface area contributed by atoms with E-state index < -0.39 is 0 Å². The van der Waals surface area contributed by atoms with Crippen molar-refractivity contribution in [1.82, 2.24) is 20.1 Å². The molecule has 0 radical (unpaired) electrons. The molecule has 2 aromatic carbocycles. The van der Waals surface area contributed by atoms with E-state index in [0.29, 0.717) is 18.3 Å². The van der Waals surface area contributed by atoms with E-state index in [2.05, 4.69) is 34.6 Å². The van der Waals surface area contributed by atoms with Gasteiger partial charge in [0.15, 0.2) is 11.0 Å². The Bertz CT molecular complexity index is 915. The zero-order valence-electron chi connectivity index (χ0n) is 17.5. The number of ether oxygens (including phenoxy) is 1. The second-order valence-corrected chi connectivity index (χ2v) is 7.87. The van der Waals surface area contributed by atoms with E-state index in [9.17, 15) is 4.79 Å². The van der Waals surface area contributed by atoms with E-state index >= 15 is 0 Å². The van der Waals surface area contributed by atoms with Crippen LogP contribution in [-0.4, -0.2) is 40.1 Å². The molecule has 0 spiro atoms. The molecule has 1 heterocycles. The van der Waals surface area contributed by atoms with Gasteiger partial charge in [0.05, 0.1) is 24.9 Å². The topological polar surface area (TPSA) is 69.0 Å². The van der Waals surface area contributed by atoms with Gasteiger partial charge in [-0.1, -0.05) is 85.8 Å². The molecule has 0 bridgehead atoms. The molecule has 1 amide bonds. The van der Waals surface area contributed by atoms with Gasteiger partial charge in [-0.2, -0.15) is 0 Å². The summed E-state index contributed by atoms with van der Waals surface area (Å²) in [5.41, 5.74) is 2.12. The predicted molar refractivity (Wildman–Crippen MR) is 120 cm³/mol. The number of amides is 1. The Morgan fingerprint density at radius 3 is 2.47 bits per heavy atom. The lowest BCUT2D eigenvalue weighted by Crippen LogP contribution is -2.30. The molecule has 3 aromatic rings. The third-order valence-corrected chi connectivity index (χ3v) is 5.68. The molecule has 1 atom stereocenters. The molecule has 3 rings (SSSR count). The van der Waals surface area contributed by atoms with Crippen molar-refractivity contribution < 1.29 is 9.53 Å². The number of nitrogens with zero attached hydrogens (tertiary/aromatic N) is 3. The molecule has 0 saturated carbocycles. The highest BCUT2D eigenvalue weighted by atomic mass is 32.2. The maximum absolute atomic E-state index is 12.7. The van der Waals surface area contributed by atoms with Crippen LogP contribution < -0.4 is 5.32 Å². The average molecular weight is 425 g/mol. The number of hydrogen-bond acceptors (Lipinski definition) is 5. The van der Waals surface area contributed by atoms with Crippen LogP contribution in [0.4, 0.5) is 0 Å². The molecular formula is C23H28N4O2S. The molecule has 6 nitrogen and oxygen atoms in total. The van der Waals surface area contributed by atoms with Gasteiger partial charge in [0, 0.05) is 12.7 Å². The molecule has 0 aliphatic heterocycles. The molecule has 7 heteroatoms. The maximum atomic E-state index is 12.7. The second-order valence-electron chi connectivity index (χ2n) is 6.92. The number of methoxy groups -OCH3 is 1. The smallest absolute Gasteiger partial charge is 0.230 e. The van der Waals surface area contributed by atoms with Gasteiger partial charge in [0.25, 0.3) is 0 Å². The molecule has 0 fully saturated rings. The zero-order chi connectivity index (χ0) is 21.2. The molecule has 1 unspecified atom stereocenters. The number of aromatic nitrogens is 3. The zero-order valence-corrected chi connectivity index (χ0v) is 18.3.